The number of aromatic nitrogens is 2. The number of carbonyl (C=O) groups is 1. The van der Waals surface area contributed by atoms with Gasteiger partial charge in [0.25, 0.3) is 0 Å². The monoisotopic (exact) mass is 359 g/mol. The van der Waals surface area contributed by atoms with Crippen LogP contribution in [0.2, 0.25) is 0 Å². The summed E-state index contributed by atoms with van der Waals surface area (Å²) in [6.45, 7) is 1.85. The number of hydrogen-bond donors (Lipinski definition) is 1. The zero-order valence-corrected chi connectivity index (χ0v) is 14.6. The predicted molar refractivity (Wildman–Crippen MR) is 93.6 cm³/mol. The lowest BCUT2D eigenvalue weighted by atomic mass is 10.1. The number of nitrogens with one attached hydrogen (secondary N) is 1. The molecule has 2 aromatic heterocycles. The van der Waals surface area contributed by atoms with Gasteiger partial charge in [-0.1, -0.05) is 18.2 Å². The van der Waals surface area contributed by atoms with Crippen molar-refractivity contribution in [2.75, 3.05) is 0 Å². The summed E-state index contributed by atoms with van der Waals surface area (Å²) in [5.41, 5.74) is 1.47. The van der Waals surface area contributed by atoms with Gasteiger partial charge in [0.1, 0.15) is 5.82 Å². The number of thiophene rings is 1. The van der Waals surface area contributed by atoms with Crippen LogP contribution in [0.4, 0.5) is 4.39 Å². The van der Waals surface area contributed by atoms with E-state index >= 15 is 0 Å². The quantitative estimate of drug-likeness (QED) is 0.700. The van der Waals surface area contributed by atoms with Crippen LogP contribution in [0.3, 0.4) is 0 Å². The number of hydrogen-bond acceptors (Lipinski definition) is 5. The molecule has 0 aliphatic heterocycles. The number of aryl methyl sites for hydroxylation is 1. The molecule has 7 heteroatoms. The van der Waals surface area contributed by atoms with Crippen molar-refractivity contribution < 1.29 is 13.6 Å². The van der Waals surface area contributed by atoms with Gasteiger partial charge in [-0.3, -0.25) is 4.79 Å². The molecule has 1 amide bonds. The van der Waals surface area contributed by atoms with Crippen molar-refractivity contribution in [1.29, 1.82) is 0 Å². The minimum atomic E-state index is -0.254. The Bertz CT molecular complexity index is 832. The Morgan fingerprint density at radius 1 is 1.32 bits per heavy atom. The predicted octanol–water partition coefficient (Wildman–Crippen LogP) is 3.62. The SMILES string of the molecule is CC(Cc1ccccc1F)NC(=O)CCc1nnc(-c2ccsc2)o1. The van der Waals surface area contributed by atoms with Crippen LogP contribution in [-0.4, -0.2) is 22.1 Å². The molecule has 0 aliphatic rings. The number of halogens is 1. The second kappa shape index (κ2) is 8.02. The van der Waals surface area contributed by atoms with E-state index in [2.05, 4.69) is 15.5 Å². The average molecular weight is 359 g/mol. The fourth-order valence-corrected chi connectivity index (χ4v) is 3.10. The third kappa shape index (κ3) is 4.73. The van der Waals surface area contributed by atoms with Crippen molar-refractivity contribution >= 4 is 17.2 Å². The standard InChI is InChI=1S/C18H18FN3O2S/c1-12(10-13-4-2-3-5-15(13)19)20-16(23)6-7-17-21-22-18(24-17)14-8-9-25-11-14/h2-5,8-9,11-12H,6-7,10H2,1H3,(H,20,23). The van der Waals surface area contributed by atoms with Crippen molar-refractivity contribution in [2.24, 2.45) is 0 Å². The Balaban J connectivity index is 1.47. The highest BCUT2D eigenvalue weighted by Gasteiger charge is 2.13. The van der Waals surface area contributed by atoms with Gasteiger partial charge in [0.05, 0.1) is 0 Å². The van der Waals surface area contributed by atoms with Crippen LogP contribution in [-0.2, 0) is 17.6 Å². The summed E-state index contributed by atoms with van der Waals surface area (Å²) in [4.78, 5) is 12.0. The number of rotatable bonds is 7. The van der Waals surface area contributed by atoms with E-state index in [1.165, 1.54) is 6.07 Å². The fraction of sp³-hybridized carbons (Fsp3) is 0.278. The lowest BCUT2D eigenvalue weighted by Crippen LogP contribution is -2.34. The molecule has 25 heavy (non-hydrogen) atoms. The summed E-state index contributed by atoms with van der Waals surface area (Å²) in [5.74, 6) is 0.511. The van der Waals surface area contributed by atoms with E-state index in [1.54, 1.807) is 29.5 Å². The molecule has 1 aromatic carbocycles. The first-order valence-electron chi connectivity index (χ1n) is 7.99. The summed E-state index contributed by atoms with van der Waals surface area (Å²) < 4.78 is 19.2. The number of amides is 1. The zero-order chi connectivity index (χ0) is 17.6. The highest BCUT2D eigenvalue weighted by Crippen LogP contribution is 2.20. The van der Waals surface area contributed by atoms with E-state index in [0.717, 1.165) is 5.56 Å². The summed E-state index contributed by atoms with van der Waals surface area (Å²) >= 11 is 1.55. The van der Waals surface area contributed by atoms with Gasteiger partial charge >= 0.3 is 0 Å². The molecule has 0 saturated carbocycles. The average Bonchev–Trinajstić information content (AvgIpc) is 3.26. The lowest BCUT2D eigenvalue weighted by molar-refractivity contribution is -0.121. The summed E-state index contributed by atoms with van der Waals surface area (Å²) in [6, 6.07) is 8.32. The van der Waals surface area contributed by atoms with Gasteiger partial charge < -0.3 is 9.73 Å². The molecule has 130 valence electrons. The van der Waals surface area contributed by atoms with E-state index in [0.29, 0.717) is 30.2 Å². The van der Waals surface area contributed by atoms with Gasteiger partial charge in [0.2, 0.25) is 17.7 Å². The minimum absolute atomic E-state index is 0.126. The molecule has 1 atom stereocenters. The first kappa shape index (κ1) is 17.3. The van der Waals surface area contributed by atoms with Gasteiger partial charge in [0.15, 0.2) is 0 Å². The van der Waals surface area contributed by atoms with Crippen LogP contribution < -0.4 is 5.32 Å². The van der Waals surface area contributed by atoms with Gasteiger partial charge in [-0.25, -0.2) is 4.39 Å². The van der Waals surface area contributed by atoms with E-state index < -0.39 is 0 Å². The molecule has 3 aromatic rings. The first-order chi connectivity index (χ1) is 12.1. The number of carbonyl (C=O) groups excluding carboxylic acids is 1. The first-order valence-corrected chi connectivity index (χ1v) is 8.94. The van der Waals surface area contributed by atoms with Crippen LogP contribution in [0.1, 0.15) is 24.8 Å². The maximum atomic E-state index is 13.6. The van der Waals surface area contributed by atoms with E-state index in [-0.39, 0.29) is 24.2 Å². The van der Waals surface area contributed by atoms with E-state index in [4.69, 9.17) is 4.42 Å². The summed E-state index contributed by atoms with van der Waals surface area (Å²) in [6.07, 6.45) is 1.06. The highest BCUT2D eigenvalue weighted by atomic mass is 32.1. The molecule has 0 bridgehead atoms. The molecule has 0 spiro atoms. The normalized spacial score (nSPS) is 12.1. The second-order valence-corrected chi connectivity index (χ2v) is 6.56. The molecule has 3 rings (SSSR count). The van der Waals surface area contributed by atoms with Crippen LogP contribution in [0.5, 0.6) is 0 Å². The maximum absolute atomic E-state index is 13.6. The molecule has 0 fully saturated rings. The van der Waals surface area contributed by atoms with Crippen molar-refractivity contribution in [3.63, 3.8) is 0 Å². The topological polar surface area (TPSA) is 68.0 Å². The molecule has 0 aliphatic carbocycles. The van der Waals surface area contributed by atoms with Gasteiger partial charge in [-0.05, 0) is 36.4 Å². The van der Waals surface area contributed by atoms with Crippen molar-refractivity contribution in [3.05, 3.63) is 58.4 Å². The molecule has 2 heterocycles. The Kier molecular flexibility index (Phi) is 5.55. The van der Waals surface area contributed by atoms with Crippen molar-refractivity contribution in [1.82, 2.24) is 15.5 Å². The van der Waals surface area contributed by atoms with Gasteiger partial charge in [-0.15, -0.1) is 10.2 Å². The minimum Gasteiger partial charge on any atom is -0.421 e. The largest absolute Gasteiger partial charge is 0.421 e. The van der Waals surface area contributed by atoms with Crippen LogP contribution in [0.25, 0.3) is 11.5 Å². The molecule has 5 nitrogen and oxygen atoms in total. The summed E-state index contributed by atoms with van der Waals surface area (Å²) in [7, 11) is 0. The Hall–Kier alpha value is -2.54. The van der Waals surface area contributed by atoms with Gasteiger partial charge in [0, 0.05) is 29.8 Å². The molecule has 0 saturated heterocycles. The number of nitrogens with zero attached hydrogens (tertiary/aromatic N) is 2. The smallest absolute Gasteiger partial charge is 0.248 e. The summed E-state index contributed by atoms with van der Waals surface area (Å²) in [5, 5.41) is 14.7. The third-order valence-corrected chi connectivity index (χ3v) is 4.38. The molecule has 1 N–H and O–H groups in total. The van der Waals surface area contributed by atoms with Crippen molar-refractivity contribution in [3.8, 4) is 11.5 Å². The number of benzene rings is 1. The Morgan fingerprint density at radius 2 is 2.16 bits per heavy atom. The van der Waals surface area contributed by atoms with Crippen LogP contribution in [0, 0.1) is 5.82 Å². The van der Waals surface area contributed by atoms with Crippen LogP contribution >= 0.6 is 11.3 Å². The van der Waals surface area contributed by atoms with Gasteiger partial charge in [-0.2, -0.15) is 11.3 Å². The molecule has 0 radical (unpaired) electrons. The molecular formula is C18H18FN3O2S. The molecule has 1 unspecified atom stereocenters. The van der Waals surface area contributed by atoms with E-state index in [1.807, 2.05) is 23.8 Å². The third-order valence-electron chi connectivity index (χ3n) is 3.69. The highest BCUT2D eigenvalue weighted by molar-refractivity contribution is 7.08. The van der Waals surface area contributed by atoms with Crippen molar-refractivity contribution in [2.45, 2.75) is 32.2 Å². The van der Waals surface area contributed by atoms with E-state index in [9.17, 15) is 9.18 Å². The van der Waals surface area contributed by atoms with Crippen LogP contribution in [0.15, 0.2) is 45.5 Å². The molecular weight excluding hydrogens is 341 g/mol. The fourth-order valence-electron chi connectivity index (χ4n) is 2.47. The second-order valence-electron chi connectivity index (χ2n) is 5.78. The maximum Gasteiger partial charge on any atom is 0.248 e. The Morgan fingerprint density at radius 3 is 2.92 bits per heavy atom. The lowest BCUT2D eigenvalue weighted by Gasteiger charge is -2.14. The Labute approximate surface area is 148 Å². The zero-order valence-electron chi connectivity index (χ0n) is 13.7.